The summed E-state index contributed by atoms with van der Waals surface area (Å²) < 4.78 is 5.63. The molecular weight excluding hydrogens is 230 g/mol. The molecule has 18 heavy (non-hydrogen) atoms. The largest absolute Gasteiger partial charge is 0.388 e. The minimum atomic E-state index is -0.655. The zero-order valence-electron chi connectivity index (χ0n) is 11.4. The summed E-state index contributed by atoms with van der Waals surface area (Å²) in [5.41, 5.74) is -0.655. The number of amides is 1. The molecule has 0 aromatic heterocycles. The summed E-state index contributed by atoms with van der Waals surface area (Å²) in [7, 11) is 0. The molecule has 1 saturated carbocycles. The Morgan fingerprint density at radius 3 is 2.39 bits per heavy atom. The molecule has 0 radical (unpaired) electrons. The quantitative estimate of drug-likeness (QED) is 0.805. The summed E-state index contributed by atoms with van der Waals surface area (Å²) in [6.07, 6.45) is 5.64. The molecule has 2 aliphatic rings. The predicted molar refractivity (Wildman–Crippen MR) is 69.2 cm³/mol. The van der Waals surface area contributed by atoms with E-state index in [0.717, 1.165) is 38.5 Å². The topological polar surface area (TPSA) is 58.6 Å². The van der Waals surface area contributed by atoms with Crippen molar-refractivity contribution in [1.82, 2.24) is 5.32 Å². The van der Waals surface area contributed by atoms with E-state index in [-0.39, 0.29) is 24.0 Å². The number of rotatable bonds is 3. The van der Waals surface area contributed by atoms with Crippen LogP contribution in [-0.2, 0) is 9.53 Å². The molecule has 4 nitrogen and oxygen atoms in total. The van der Waals surface area contributed by atoms with Gasteiger partial charge in [-0.25, -0.2) is 0 Å². The van der Waals surface area contributed by atoms with Gasteiger partial charge >= 0.3 is 0 Å². The van der Waals surface area contributed by atoms with Crippen molar-refractivity contribution in [2.75, 3.05) is 6.54 Å². The Bertz CT molecular complexity index is 289. The lowest BCUT2D eigenvalue weighted by atomic mass is 9.91. The average Bonchev–Trinajstić information content (AvgIpc) is 2.72. The van der Waals surface area contributed by atoms with Gasteiger partial charge in [0.15, 0.2) is 0 Å². The maximum Gasteiger partial charge on any atom is 0.223 e. The minimum absolute atomic E-state index is 0.0359. The highest BCUT2D eigenvalue weighted by Gasteiger charge is 2.34. The van der Waals surface area contributed by atoms with Crippen molar-refractivity contribution < 1.29 is 14.6 Å². The van der Waals surface area contributed by atoms with Gasteiger partial charge in [0, 0.05) is 12.5 Å². The Morgan fingerprint density at radius 2 is 1.83 bits per heavy atom. The van der Waals surface area contributed by atoms with Gasteiger partial charge in [-0.3, -0.25) is 4.79 Å². The second-order valence-electron chi connectivity index (χ2n) is 6.07. The van der Waals surface area contributed by atoms with Gasteiger partial charge in [0.05, 0.1) is 17.8 Å². The number of aliphatic hydroxyl groups is 1. The van der Waals surface area contributed by atoms with Crippen LogP contribution >= 0.6 is 0 Å². The SMILES string of the molecule is CC1CC(C(=O)NCC2(O)CCCC2)CC(C)O1. The molecule has 1 aliphatic heterocycles. The van der Waals surface area contributed by atoms with E-state index < -0.39 is 5.60 Å². The third-order valence-electron chi connectivity index (χ3n) is 4.19. The van der Waals surface area contributed by atoms with Crippen LogP contribution in [0.5, 0.6) is 0 Å². The molecule has 1 heterocycles. The second-order valence-corrected chi connectivity index (χ2v) is 6.07. The molecule has 2 fully saturated rings. The van der Waals surface area contributed by atoms with Crippen molar-refractivity contribution in [3.8, 4) is 0 Å². The van der Waals surface area contributed by atoms with Gasteiger partial charge < -0.3 is 15.2 Å². The van der Waals surface area contributed by atoms with E-state index in [2.05, 4.69) is 5.32 Å². The molecule has 0 spiro atoms. The van der Waals surface area contributed by atoms with Gasteiger partial charge in [0.2, 0.25) is 5.91 Å². The standard InChI is InChI=1S/C14H25NO3/c1-10-7-12(8-11(2)18-10)13(16)15-9-14(17)5-3-4-6-14/h10-12,17H,3-9H2,1-2H3,(H,15,16). The molecule has 0 aromatic rings. The zero-order chi connectivity index (χ0) is 13.2. The summed E-state index contributed by atoms with van der Waals surface area (Å²) in [5.74, 6) is 0.117. The van der Waals surface area contributed by atoms with Gasteiger partial charge in [-0.15, -0.1) is 0 Å². The lowest BCUT2D eigenvalue weighted by Crippen LogP contribution is -2.45. The molecule has 1 aliphatic carbocycles. The van der Waals surface area contributed by atoms with Gasteiger partial charge in [-0.05, 0) is 39.5 Å². The first-order chi connectivity index (χ1) is 8.48. The van der Waals surface area contributed by atoms with Crippen LogP contribution < -0.4 is 5.32 Å². The van der Waals surface area contributed by atoms with E-state index in [4.69, 9.17) is 4.74 Å². The number of hydrogen-bond donors (Lipinski definition) is 2. The summed E-state index contributed by atoms with van der Waals surface area (Å²) in [5, 5.41) is 13.1. The van der Waals surface area contributed by atoms with Crippen molar-refractivity contribution in [1.29, 1.82) is 0 Å². The van der Waals surface area contributed by atoms with Crippen LogP contribution in [0.15, 0.2) is 0 Å². The molecule has 1 saturated heterocycles. The van der Waals surface area contributed by atoms with Crippen LogP contribution in [0, 0.1) is 5.92 Å². The number of hydrogen-bond acceptors (Lipinski definition) is 3. The van der Waals surface area contributed by atoms with Crippen molar-refractivity contribution in [3.05, 3.63) is 0 Å². The Kier molecular flexibility index (Phi) is 4.28. The molecule has 2 unspecified atom stereocenters. The molecule has 4 heteroatoms. The maximum atomic E-state index is 12.1. The Labute approximate surface area is 109 Å². The highest BCUT2D eigenvalue weighted by Crippen LogP contribution is 2.29. The Balaban J connectivity index is 1.80. The first-order valence-corrected chi connectivity index (χ1v) is 7.14. The first-order valence-electron chi connectivity index (χ1n) is 7.14. The fourth-order valence-electron chi connectivity index (χ4n) is 3.23. The van der Waals surface area contributed by atoms with E-state index in [9.17, 15) is 9.90 Å². The van der Waals surface area contributed by atoms with Crippen LogP contribution in [-0.4, -0.2) is 35.4 Å². The van der Waals surface area contributed by atoms with E-state index >= 15 is 0 Å². The summed E-state index contributed by atoms with van der Waals surface area (Å²) in [6.45, 7) is 4.44. The van der Waals surface area contributed by atoms with Gasteiger partial charge in [-0.2, -0.15) is 0 Å². The lowest BCUT2D eigenvalue weighted by molar-refractivity contribution is -0.134. The van der Waals surface area contributed by atoms with E-state index in [1.165, 1.54) is 0 Å². The number of ether oxygens (including phenoxy) is 1. The number of nitrogens with one attached hydrogen (secondary N) is 1. The van der Waals surface area contributed by atoms with Crippen molar-refractivity contribution >= 4 is 5.91 Å². The molecule has 1 amide bonds. The van der Waals surface area contributed by atoms with Crippen LogP contribution in [0.25, 0.3) is 0 Å². The smallest absolute Gasteiger partial charge is 0.223 e. The van der Waals surface area contributed by atoms with E-state index in [1.807, 2.05) is 13.8 Å². The number of carbonyl (C=O) groups is 1. The molecule has 2 N–H and O–H groups in total. The van der Waals surface area contributed by atoms with E-state index in [1.54, 1.807) is 0 Å². The third-order valence-corrected chi connectivity index (χ3v) is 4.19. The lowest BCUT2D eigenvalue weighted by Gasteiger charge is -2.32. The predicted octanol–water partition coefficient (Wildman–Crippen LogP) is 1.61. The molecule has 0 aromatic carbocycles. The van der Waals surface area contributed by atoms with Gasteiger partial charge in [0.1, 0.15) is 0 Å². The minimum Gasteiger partial charge on any atom is -0.388 e. The fourth-order valence-corrected chi connectivity index (χ4v) is 3.23. The van der Waals surface area contributed by atoms with Crippen LogP contribution in [0.1, 0.15) is 52.4 Å². The summed E-state index contributed by atoms with van der Waals surface area (Å²) >= 11 is 0. The highest BCUT2D eigenvalue weighted by atomic mass is 16.5. The molecule has 2 atom stereocenters. The molecule has 2 rings (SSSR count). The first kappa shape index (κ1) is 13.8. The molecule has 104 valence electrons. The second kappa shape index (κ2) is 5.57. The van der Waals surface area contributed by atoms with Gasteiger partial charge in [0.25, 0.3) is 0 Å². The van der Waals surface area contributed by atoms with Crippen LogP contribution in [0.3, 0.4) is 0 Å². The number of carbonyl (C=O) groups excluding carboxylic acids is 1. The molecular formula is C14H25NO3. The van der Waals surface area contributed by atoms with Crippen LogP contribution in [0.2, 0.25) is 0 Å². The zero-order valence-corrected chi connectivity index (χ0v) is 11.4. The highest BCUT2D eigenvalue weighted by molar-refractivity contribution is 5.78. The summed E-state index contributed by atoms with van der Waals surface area (Å²) in [6, 6.07) is 0. The monoisotopic (exact) mass is 255 g/mol. The third kappa shape index (κ3) is 3.45. The van der Waals surface area contributed by atoms with Gasteiger partial charge in [-0.1, -0.05) is 12.8 Å². The van der Waals surface area contributed by atoms with Crippen LogP contribution in [0.4, 0.5) is 0 Å². The molecule has 0 bridgehead atoms. The van der Waals surface area contributed by atoms with Crippen molar-refractivity contribution in [3.63, 3.8) is 0 Å². The fraction of sp³-hybridized carbons (Fsp3) is 0.929. The Morgan fingerprint density at radius 1 is 1.28 bits per heavy atom. The average molecular weight is 255 g/mol. The van der Waals surface area contributed by atoms with Crippen molar-refractivity contribution in [2.45, 2.75) is 70.2 Å². The maximum absolute atomic E-state index is 12.1. The normalized spacial score (nSPS) is 35.4. The Hall–Kier alpha value is -0.610. The van der Waals surface area contributed by atoms with E-state index in [0.29, 0.717) is 6.54 Å². The van der Waals surface area contributed by atoms with Crippen molar-refractivity contribution in [2.24, 2.45) is 5.92 Å². The summed E-state index contributed by atoms with van der Waals surface area (Å²) in [4.78, 5) is 12.1.